The van der Waals surface area contributed by atoms with Gasteiger partial charge in [0.15, 0.2) is 0 Å². The fourth-order valence-corrected chi connectivity index (χ4v) is 3.58. The van der Waals surface area contributed by atoms with Gasteiger partial charge in [0, 0.05) is 25.8 Å². The van der Waals surface area contributed by atoms with E-state index in [1.54, 1.807) is 0 Å². The molecule has 3 nitrogen and oxygen atoms in total. The van der Waals surface area contributed by atoms with Crippen molar-refractivity contribution < 1.29 is 0 Å². The van der Waals surface area contributed by atoms with Crippen molar-refractivity contribution in [2.75, 3.05) is 38.1 Å². The molecule has 0 unspecified atom stereocenters. The number of nitrogens with zero attached hydrogens (tertiary/aromatic N) is 2. The predicted molar refractivity (Wildman–Crippen MR) is 85.1 cm³/mol. The molecule has 0 aliphatic carbocycles. The number of likely N-dealkylation sites (tertiary alicyclic amines) is 1. The van der Waals surface area contributed by atoms with E-state index in [0.717, 1.165) is 19.0 Å². The van der Waals surface area contributed by atoms with Crippen molar-refractivity contribution in [1.29, 1.82) is 0 Å². The number of benzene rings is 1. The molecule has 1 saturated heterocycles. The molecule has 3 heteroatoms. The van der Waals surface area contributed by atoms with Gasteiger partial charge in [-0.15, -0.1) is 0 Å². The number of anilines is 1. The number of piperidine rings is 1. The SMILES string of the molecule is CN1CCCc2cc(CN3CCC(CN)CC3)ccc21. The van der Waals surface area contributed by atoms with Crippen LogP contribution in [0.25, 0.3) is 0 Å². The maximum Gasteiger partial charge on any atom is 0.0396 e. The number of aryl methyl sites for hydroxylation is 1. The Morgan fingerprint density at radius 2 is 2.00 bits per heavy atom. The molecule has 0 radical (unpaired) electrons. The Bertz CT molecular complexity index is 450. The molecule has 1 fully saturated rings. The van der Waals surface area contributed by atoms with E-state index in [9.17, 15) is 0 Å². The highest BCUT2D eigenvalue weighted by Crippen LogP contribution is 2.27. The summed E-state index contributed by atoms with van der Waals surface area (Å²) in [6, 6.07) is 7.06. The Hall–Kier alpha value is -1.06. The molecule has 1 aromatic carbocycles. The minimum Gasteiger partial charge on any atom is -0.374 e. The number of rotatable bonds is 3. The van der Waals surface area contributed by atoms with Gasteiger partial charge in [-0.2, -0.15) is 0 Å². The fourth-order valence-electron chi connectivity index (χ4n) is 3.58. The summed E-state index contributed by atoms with van der Waals surface area (Å²) in [4.78, 5) is 4.97. The first-order chi connectivity index (χ1) is 9.76. The first kappa shape index (κ1) is 13.9. The molecule has 0 aromatic heterocycles. The molecule has 0 saturated carbocycles. The van der Waals surface area contributed by atoms with E-state index in [2.05, 4.69) is 35.0 Å². The Kier molecular flexibility index (Phi) is 4.27. The molecule has 20 heavy (non-hydrogen) atoms. The lowest BCUT2D eigenvalue weighted by Crippen LogP contribution is -2.35. The third kappa shape index (κ3) is 2.99. The van der Waals surface area contributed by atoms with Gasteiger partial charge in [-0.1, -0.05) is 12.1 Å². The zero-order valence-electron chi connectivity index (χ0n) is 12.6. The Balaban J connectivity index is 1.64. The standard InChI is InChI=1S/C17H27N3/c1-19-8-2-3-16-11-15(4-5-17(16)19)13-20-9-6-14(12-18)7-10-20/h4-5,11,14H,2-3,6-10,12-13,18H2,1H3. The first-order valence-corrected chi connectivity index (χ1v) is 8.01. The molecular formula is C17H27N3. The number of fused-ring (bicyclic) bond motifs is 1. The second-order valence-corrected chi connectivity index (χ2v) is 6.44. The molecule has 0 spiro atoms. The van der Waals surface area contributed by atoms with Gasteiger partial charge in [0.25, 0.3) is 0 Å². The van der Waals surface area contributed by atoms with E-state index >= 15 is 0 Å². The van der Waals surface area contributed by atoms with Crippen molar-refractivity contribution >= 4 is 5.69 Å². The van der Waals surface area contributed by atoms with Crippen LogP contribution in [0.2, 0.25) is 0 Å². The molecular weight excluding hydrogens is 246 g/mol. The summed E-state index contributed by atoms with van der Waals surface area (Å²) in [6.45, 7) is 5.57. The average Bonchev–Trinajstić information content (AvgIpc) is 2.48. The summed E-state index contributed by atoms with van der Waals surface area (Å²) in [7, 11) is 2.20. The lowest BCUT2D eigenvalue weighted by molar-refractivity contribution is 0.180. The highest BCUT2D eigenvalue weighted by molar-refractivity contribution is 5.56. The molecule has 0 amide bonds. The molecule has 0 atom stereocenters. The van der Waals surface area contributed by atoms with Crippen LogP contribution in [0.1, 0.15) is 30.4 Å². The van der Waals surface area contributed by atoms with Gasteiger partial charge < -0.3 is 10.6 Å². The van der Waals surface area contributed by atoms with Crippen molar-refractivity contribution in [3.8, 4) is 0 Å². The molecule has 1 aromatic rings. The van der Waals surface area contributed by atoms with Crippen molar-refractivity contribution in [3.63, 3.8) is 0 Å². The lowest BCUT2D eigenvalue weighted by Gasteiger charge is -2.32. The first-order valence-electron chi connectivity index (χ1n) is 8.01. The summed E-state index contributed by atoms with van der Waals surface area (Å²) in [5, 5.41) is 0. The van der Waals surface area contributed by atoms with Gasteiger partial charge in [-0.25, -0.2) is 0 Å². The maximum atomic E-state index is 5.77. The van der Waals surface area contributed by atoms with Crippen LogP contribution < -0.4 is 10.6 Å². The monoisotopic (exact) mass is 273 g/mol. The van der Waals surface area contributed by atoms with Crippen LogP contribution in [0.15, 0.2) is 18.2 Å². The van der Waals surface area contributed by atoms with Crippen molar-refractivity contribution in [3.05, 3.63) is 29.3 Å². The number of hydrogen-bond donors (Lipinski definition) is 1. The second-order valence-electron chi connectivity index (χ2n) is 6.44. The van der Waals surface area contributed by atoms with Crippen LogP contribution in [0.4, 0.5) is 5.69 Å². The van der Waals surface area contributed by atoms with Crippen LogP contribution in [-0.2, 0) is 13.0 Å². The van der Waals surface area contributed by atoms with E-state index in [0.29, 0.717) is 0 Å². The van der Waals surface area contributed by atoms with Crippen LogP contribution in [-0.4, -0.2) is 38.1 Å². The number of nitrogens with two attached hydrogens (primary N) is 1. The third-order valence-electron chi connectivity index (χ3n) is 4.94. The van der Waals surface area contributed by atoms with Crippen molar-refractivity contribution in [2.24, 2.45) is 11.7 Å². The molecule has 3 rings (SSSR count). The maximum absolute atomic E-state index is 5.77. The topological polar surface area (TPSA) is 32.5 Å². The minimum atomic E-state index is 0.753. The highest BCUT2D eigenvalue weighted by atomic mass is 15.1. The molecule has 2 aliphatic heterocycles. The van der Waals surface area contributed by atoms with Crippen LogP contribution >= 0.6 is 0 Å². The van der Waals surface area contributed by atoms with E-state index in [1.165, 1.54) is 62.1 Å². The Morgan fingerprint density at radius 3 is 2.75 bits per heavy atom. The van der Waals surface area contributed by atoms with E-state index in [4.69, 9.17) is 5.73 Å². The summed E-state index contributed by atoms with van der Waals surface area (Å²) in [5.74, 6) is 0.753. The fraction of sp³-hybridized carbons (Fsp3) is 0.647. The molecule has 2 heterocycles. The van der Waals surface area contributed by atoms with Gasteiger partial charge in [-0.05, 0) is 68.4 Å². The smallest absolute Gasteiger partial charge is 0.0396 e. The normalized spacial score (nSPS) is 21.0. The van der Waals surface area contributed by atoms with Gasteiger partial charge in [0.2, 0.25) is 0 Å². The van der Waals surface area contributed by atoms with Gasteiger partial charge >= 0.3 is 0 Å². The Morgan fingerprint density at radius 1 is 1.20 bits per heavy atom. The molecule has 110 valence electrons. The number of hydrogen-bond acceptors (Lipinski definition) is 3. The van der Waals surface area contributed by atoms with E-state index < -0.39 is 0 Å². The Labute approximate surface area is 122 Å². The van der Waals surface area contributed by atoms with Gasteiger partial charge in [0.05, 0.1) is 0 Å². The zero-order chi connectivity index (χ0) is 13.9. The summed E-state index contributed by atoms with van der Waals surface area (Å²) >= 11 is 0. The van der Waals surface area contributed by atoms with Crippen molar-refractivity contribution in [2.45, 2.75) is 32.2 Å². The lowest BCUT2D eigenvalue weighted by atomic mass is 9.96. The summed E-state index contributed by atoms with van der Waals surface area (Å²) in [5.41, 5.74) is 10.2. The summed E-state index contributed by atoms with van der Waals surface area (Å²) in [6.07, 6.45) is 5.06. The molecule has 0 bridgehead atoms. The quantitative estimate of drug-likeness (QED) is 0.917. The third-order valence-corrected chi connectivity index (χ3v) is 4.94. The van der Waals surface area contributed by atoms with Crippen LogP contribution in [0.5, 0.6) is 0 Å². The highest BCUT2D eigenvalue weighted by Gasteiger charge is 2.19. The molecule has 2 N–H and O–H groups in total. The molecule has 2 aliphatic rings. The average molecular weight is 273 g/mol. The minimum absolute atomic E-state index is 0.753. The van der Waals surface area contributed by atoms with Crippen LogP contribution in [0.3, 0.4) is 0 Å². The van der Waals surface area contributed by atoms with Crippen molar-refractivity contribution in [1.82, 2.24) is 4.90 Å². The van der Waals surface area contributed by atoms with Gasteiger partial charge in [-0.3, -0.25) is 4.90 Å². The van der Waals surface area contributed by atoms with Gasteiger partial charge in [0.1, 0.15) is 0 Å². The van der Waals surface area contributed by atoms with E-state index in [-0.39, 0.29) is 0 Å². The zero-order valence-corrected chi connectivity index (χ0v) is 12.6. The second kappa shape index (κ2) is 6.15. The largest absolute Gasteiger partial charge is 0.374 e. The summed E-state index contributed by atoms with van der Waals surface area (Å²) < 4.78 is 0. The van der Waals surface area contributed by atoms with E-state index in [1.807, 2.05) is 0 Å². The predicted octanol–water partition coefficient (Wildman–Crippen LogP) is 2.24. The van der Waals surface area contributed by atoms with Crippen LogP contribution in [0, 0.1) is 5.92 Å².